The first-order chi connectivity index (χ1) is 14.9. The molecule has 8 heteroatoms. The summed E-state index contributed by atoms with van der Waals surface area (Å²) < 4.78 is 41.8. The molecular weight excluding hydrogens is 403 g/mol. The van der Waals surface area contributed by atoms with E-state index in [0.29, 0.717) is 24.2 Å². The van der Waals surface area contributed by atoms with E-state index in [4.69, 9.17) is 0 Å². The van der Waals surface area contributed by atoms with Gasteiger partial charge in [-0.1, -0.05) is 0 Å². The van der Waals surface area contributed by atoms with E-state index in [1.807, 2.05) is 11.0 Å². The highest BCUT2D eigenvalue weighted by Crippen LogP contribution is 2.43. The zero-order valence-corrected chi connectivity index (χ0v) is 17.3. The molecule has 3 saturated heterocycles. The number of nitriles is 1. The van der Waals surface area contributed by atoms with E-state index in [1.165, 1.54) is 6.42 Å². The monoisotopic (exact) mass is 429 g/mol. The fourth-order valence-electron chi connectivity index (χ4n) is 5.81. The van der Waals surface area contributed by atoms with Crippen LogP contribution >= 0.6 is 0 Å². The molecule has 1 aromatic heterocycles. The third kappa shape index (κ3) is 3.74. The number of alkyl halides is 3. The standard InChI is InChI=1S/C23H26F3N5/c24-23(25,26)19-12-31(20-5-4-16(9-27)21-18(20)3-1-8-29-21)11-17(19)10-30-14-22(15-30)6-2-7-28-13-22/h1,3-5,8,17,19,28H,2,6-7,10-15H2. The van der Waals surface area contributed by atoms with Gasteiger partial charge in [-0.15, -0.1) is 0 Å². The van der Waals surface area contributed by atoms with Gasteiger partial charge in [0.15, 0.2) is 0 Å². The molecule has 5 nitrogen and oxygen atoms in total. The summed E-state index contributed by atoms with van der Waals surface area (Å²) >= 11 is 0. The van der Waals surface area contributed by atoms with Gasteiger partial charge in [-0.25, -0.2) is 0 Å². The number of fused-ring (bicyclic) bond motifs is 1. The Bertz CT molecular complexity index is 1000. The number of piperidine rings is 1. The number of hydrogen-bond donors (Lipinski definition) is 1. The normalized spacial score (nSPS) is 26.2. The SMILES string of the molecule is N#Cc1ccc(N2CC(CN3CC4(CCCNC4)C3)C(C(F)(F)F)C2)c2cccnc12. The van der Waals surface area contributed by atoms with Crippen molar-refractivity contribution in [2.75, 3.05) is 50.7 Å². The smallest absolute Gasteiger partial charge is 0.370 e. The fraction of sp³-hybridized carbons (Fsp3) is 0.565. The predicted molar refractivity (Wildman–Crippen MR) is 113 cm³/mol. The van der Waals surface area contributed by atoms with Crippen LogP contribution in [0, 0.1) is 28.6 Å². The number of anilines is 1. The fourth-order valence-corrected chi connectivity index (χ4v) is 5.81. The molecule has 1 aromatic carbocycles. The predicted octanol–water partition coefficient (Wildman–Crippen LogP) is 3.41. The molecule has 2 unspecified atom stereocenters. The minimum Gasteiger partial charge on any atom is -0.370 e. The number of aromatic nitrogens is 1. The average Bonchev–Trinajstić information content (AvgIpc) is 3.17. The molecule has 5 rings (SSSR count). The maximum atomic E-state index is 13.9. The quantitative estimate of drug-likeness (QED) is 0.811. The lowest BCUT2D eigenvalue weighted by Gasteiger charge is -2.53. The van der Waals surface area contributed by atoms with Crippen molar-refractivity contribution >= 4 is 16.6 Å². The Kier molecular flexibility index (Phi) is 5.06. The second kappa shape index (κ2) is 7.64. The maximum absolute atomic E-state index is 13.9. The van der Waals surface area contributed by atoms with Crippen molar-refractivity contribution in [3.8, 4) is 6.07 Å². The lowest BCUT2D eigenvalue weighted by Crippen LogP contribution is -2.63. The second-order valence-electron chi connectivity index (χ2n) is 9.41. The van der Waals surface area contributed by atoms with Gasteiger partial charge in [0.2, 0.25) is 0 Å². The van der Waals surface area contributed by atoms with Gasteiger partial charge in [-0.05, 0) is 43.7 Å². The third-order valence-corrected chi connectivity index (χ3v) is 7.24. The Morgan fingerprint density at radius 2 is 2.06 bits per heavy atom. The van der Waals surface area contributed by atoms with Crippen molar-refractivity contribution < 1.29 is 13.2 Å². The summed E-state index contributed by atoms with van der Waals surface area (Å²) in [5.74, 6) is -1.81. The Morgan fingerprint density at radius 3 is 2.77 bits per heavy atom. The molecule has 0 radical (unpaired) electrons. The summed E-state index contributed by atoms with van der Waals surface area (Å²) in [5.41, 5.74) is 1.98. The van der Waals surface area contributed by atoms with Crippen LogP contribution in [0.1, 0.15) is 18.4 Å². The van der Waals surface area contributed by atoms with Crippen LogP contribution in [-0.2, 0) is 0 Å². The highest BCUT2D eigenvalue weighted by Gasteiger charge is 2.52. The molecule has 3 aliphatic rings. The molecule has 2 aromatic rings. The molecule has 3 fully saturated rings. The molecule has 4 heterocycles. The Balaban J connectivity index is 1.37. The number of hydrogen-bond acceptors (Lipinski definition) is 5. The Hall–Kier alpha value is -2.37. The van der Waals surface area contributed by atoms with Gasteiger partial charge in [0.25, 0.3) is 0 Å². The van der Waals surface area contributed by atoms with Crippen LogP contribution < -0.4 is 10.2 Å². The number of rotatable bonds is 3. The van der Waals surface area contributed by atoms with Crippen LogP contribution in [0.2, 0.25) is 0 Å². The number of nitrogens with one attached hydrogen (secondary N) is 1. The first-order valence-electron chi connectivity index (χ1n) is 10.9. The van der Waals surface area contributed by atoms with Gasteiger partial charge >= 0.3 is 6.18 Å². The molecular formula is C23H26F3N5. The lowest BCUT2D eigenvalue weighted by atomic mass is 9.73. The van der Waals surface area contributed by atoms with Crippen LogP contribution in [0.25, 0.3) is 10.9 Å². The first kappa shape index (κ1) is 20.5. The van der Waals surface area contributed by atoms with Crippen LogP contribution in [0.15, 0.2) is 30.5 Å². The first-order valence-corrected chi connectivity index (χ1v) is 10.9. The number of benzene rings is 1. The van der Waals surface area contributed by atoms with E-state index in [2.05, 4.69) is 21.3 Å². The highest BCUT2D eigenvalue weighted by molar-refractivity contribution is 5.95. The lowest BCUT2D eigenvalue weighted by molar-refractivity contribution is -0.182. The van der Waals surface area contributed by atoms with Gasteiger partial charge in [0.1, 0.15) is 6.07 Å². The van der Waals surface area contributed by atoms with Crippen molar-refractivity contribution in [1.82, 2.24) is 15.2 Å². The summed E-state index contributed by atoms with van der Waals surface area (Å²) in [6, 6.07) is 9.16. The van der Waals surface area contributed by atoms with E-state index in [1.54, 1.807) is 24.4 Å². The number of likely N-dealkylation sites (tertiary alicyclic amines) is 1. The Labute approximate surface area is 179 Å². The number of nitrogens with zero attached hydrogens (tertiary/aromatic N) is 4. The van der Waals surface area contributed by atoms with Crippen molar-refractivity contribution in [3.63, 3.8) is 0 Å². The van der Waals surface area contributed by atoms with Crippen LogP contribution in [0.3, 0.4) is 0 Å². The topological polar surface area (TPSA) is 55.2 Å². The van der Waals surface area contributed by atoms with Gasteiger partial charge in [0.05, 0.1) is 17.0 Å². The summed E-state index contributed by atoms with van der Waals surface area (Å²) in [7, 11) is 0. The van der Waals surface area contributed by atoms with Crippen molar-refractivity contribution in [2.24, 2.45) is 17.3 Å². The molecule has 0 aliphatic carbocycles. The third-order valence-electron chi connectivity index (χ3n) is 7.24. The summed E-state index contributed by atoms with van der Waals surface area (Å²) in [6.45, 7) is 4.60. The molecule has 0 saturated carbocycles. The molecule has 2 atom stereocenters. The van der Waals surface area contributed by atoms with Crippen LogP contribution in [0.5, 0.6) is 0 Å². The largest absolute Gasteiger partial charge is 0.393 e. The van der Waals surface area contributed by atoms with Crippen LogP contribution in [-0.4, -0.2) is 61.9 Å². The second-order valence-corrected chi connectivity index (χ2v) is 9.41. The van der Waals surface area contributed by atoms with Crippen molar-refractivity contribution in [3.05, 3.63) is 36.0 Å². The van der Waals surface area contributed by atoms with Gasteiger partial charge in [-0.3, -0.25) is 4.98 Å². The van der Waals surface area contributed by atoms with E-state index >= 15 is 0 Å². The van der Waals surface area contributed by atoms with Crippen molar-refractivity contribution in [1.29, 1.82) is 5.26 Å². The molecule has 3 aliphatic heterocycles. The molecule has 0 bridgehead atoms. The zero-order valence-electron chi connectivity index (χ0n) is 17.3. The zero-order chi connectivity index (χ0) is 21.6. The van der Waals surface area contributed by atoms with Crippen LogP contribution in [0.4, 0.5) is 18.9 Å². The van der Waals surface area contributed by atoms with Crippen molar-refractivity contribution in [2.45, 2.75) is 19.0 Å². The van der Waals surface area contributed by atoms with Gasteiger partial charge < -0.3 is 15.1 Å². The summed E-state index contributed by atoms with van der Waals surface area (Å²) in [4.78, 5) is 8.35. The molecule has 164 valence electrons. The molecule has 0 amide bonds. The summed E-state index contributed by atoms with van der Waals surface area (Å²) in [6.07, 6.45) is -0.302. The maximum Gasteiger partial charge on any atom is 0.393 e. The Morgan fingerprint density at radius 1 is 1.23 bits per heavy atom. The van der Waals surface area contributed by atoms with E-state index in [-0.39, 0.29) is 12.0 Å². The van der Waals surface area contributed by atoms with E-state index < -0.39 is 18.0 Å². The summed E-state index contributed by atoms with van der Waals surface area (Å²) in [5, 5.41) is 13.5. The van der Waals surface area contributed by atoms with E-state index in [0.717, 1.165) is 43.7 Å². The van der Waals surface area contributed by atoms with Gasteiger partial charge in [0, 0.05) is 67.9 Å². The number of pyridine rings is 1. The highest BCUT2D eigenvalue weighted by atomic mass is 19.4. The van der Waals surface area contributed by atoms with E-state index in [9.17, 15) is 18.4 Å². The number of halogens is 3. The molecule has 31 heavy (non-hydrogen) atoms. The average molecular weight is 429 g/mol. The molecule has 1 spiro atoms. The minimum atomic E-state index is -4.23. The van der Waals surface area contributed by atoms with Gasteiger partial charge in [-0.2, -0.15) is 18.4 Å². The molecule has 1 N–H and O–H groups in total. The minimum absolute atomic E-state index is 0.0510.